The number of nitrogens with one attached hydrogen (secondary N) is 2. The standard InChI is InChI=1S/C50H59N7O6S/c1-8-56-39-21-19-31-24-33(39)34(44(56)32-15-12-22-51-42(32)29(4)61-7)25-50(5,6)27-63-49(60)37-17-13-23-57(55-37)48(59)43(45(62-9-2)47-53-38(31)26-64-47)54-46(58)41-28(3)40(41)36-20-18-30-14-10-11-16-35(30)52-36/h10-12,14-16,18-22,24,28-29,37-38,40-41,43,45,55H,8-9,13,17,23,25-27H2,1-7H3,(H,54,58)/t28-,29-,37-,38?,40-,41+,43-,45-/m0/s1. The maximum absolute atomic E-state index is 14.9. The van der Waals surface area contributed by atoms with Crippen molar-refractivity contribution in [1.82, 2.24) is 30.3 Å². The van der Waals surface area contributed by atoms with Gasteiger partial charge in [-0.15, -0.1) is 11.8 Å². The van der Waals surface area contributed by atoms with E-state index in [2.05, 4.69) is 67.3 Å². The molecule has 4 aliphatic rings. The summed E-state index contributed by atoms with van der Waals surface area (Å²) < 4.78 is 20.8. The van der Waals surface area contributed by atoms with Crippen molar-refractivity contribution >= 4 is 56.4 Å². The number of pyridine rings is 2. The van der Waals surface area contributed by atoms with Gasteiger partial charge in [-0.05, 0) is 93.5 Å². The van der Waals surface area contributed by atoms with Crippen LogP contribution in [0.15, 0.2) is 77.9 Å². The van der Waals surface area contributed by atoms with Crippen LogP contribution < -0.4 is 10.7 Å². The van der Waals surface area contributed by atoms with Gasteiger partial charge in [0.1, 0.15) is 23.2 Å². The van der Waals surface area contributed by atoms with Crippen LogP contribution in [0.3, 0.4) is 0 Å². The van der Waals surface area contributed by atoms with Crippen molar-refractivity contribution in [3.05, 3.63) is 95.4 Å². The predicted molar refractivity (Wildman–Crippen MR) is 250 cm³/mol. The van der Waals surface area contributed by atoms with Crippen LogP contribution in [0, 0.1) is 17.3 Å². The number of rotatable bonds is 9. The lowest BCUT2D eigenvalue weighted by atomic mass is 9.84. The van der Waals surface area contributed by atoms with Gasteiger partial charge in [-0.1, -0.05) is 51.1 Å². The third-order valence-electron chi connectivity index (χ3n) is 13.5. The number of hydrogen-bond acceptors (Lipinski definition) is 11. The highest BCUT2D eigenvalue weighted by Gasteiger charge is 2.55. The Morgan fingerprint density at radius 2 is 1.92 bits per heavy atom. The minimum atomic E-state index is -1.12. The highest BCUT2D eigenvalue weighted by molar-refractivity contribution is 8.14. The van der Waals surface area contributed by atoms with Gasteiger partial charge in [-0.25, -0.2) is 5.43 Å². The Morgan fingerprint density at radius 3 is 2.72 bits per heavy atom. The van der Waals surface area contributed by atoms with Crippen molar-refractivity contribution in [2.45, 2.75) is 104 Å². The van der Waals surface area contributed by atoms with Gasteiger partial charge in [0.05, 0.1) is 35.7 Å². The zero-order valence-electron chi connectivity index (χ0n) is 37.8. The number of aryl methyl sites for hydroxylation is 1. The minimum Gasteiger partial charge on any atom is -0.464 e. The number of cyclic esters (lactones) is 1. The summed E-state index contributed by atoms with van der Waals surface area (Å²) in [5.41, 5.74) is 10.7. The Morgan fingerprint density at radius 1 is 1.09 bits per heavy atom. The molecule has 6 bridgehead atoms. The second-order valence-corrected chi connectivity index (χ2v) is 19.5. The number of carbonyl (C=O) groups is 3. The maximum atomic E-state index is 14.9. The smallest absolute Gasteiger partial charge is 0.324 e. The van der Waals surface area contributed by atoms with Gasteiger partial charge in [0.15, 0.2) is 0 Å². The largest absolute Gasteiger partial charge is 0.464 e. The van der Waals surface area contributed by atoms with E-state index in [0.29, 0.717) is 36.6 Å². The quantitative estimate of drug-likeness (QED) is 0.141. The first kappa shape index (κ1) is 44.1. The number of aromatic nitrogens is 3. The molecule has 14 heteroatoms. The number of amides is 2. The molecule has 1 unspecified atom stereocenters. The van der Waals surface area contributed by atoms with Gasteiger partial charge in [-0.2, -0.15) is 0 Å². The number of aliphatic imine (C=N–C) groups is 1. The van der Waals surface area contributed by atoms with E-state index in [1.165, 1.54) is 5.01 Å². The summed E-state index contributed by atoms with van der Waals surface area (Å²) in [6, 6.07) is 20.6. The van der Waals surface area contributed by atoms with E-state index in [-0.39, 0.29) is 54.9 Å². The topological polar surface area (TPSA) is 149 Å². The van der Waals surface area contributed by atoms with Crippen molar-refractivity contribution in [1.29, 1.82) is 0 Å². The summed E-state index contributed by atoms with van der Waals surface area (Å²) >= 11 is 1.56. The van der Waals surface area contributed by atoms with E-state index in [1.54, 1.807) is 18.9 Å². The molecule has 336 valence electrons. The molecule has 13 nitrogen and oxygen atoms in total. The number of fused-ring (bicyclic) bond motifs is 6. The molecule has 2 N–H and O–H groups in total. The van der Waals surface area contributed by atoms with Gasteiger partial charge in [0.25, 0.3) is 5.91 Å². The van der Waals surface area contributed by atoms with E-state index in [0.717, 1.165) is 62.1 Å². The zero-order chi connectivity index (χ0) is 44.9. The summed E-state index contributed by atoms with van der Waals surface area (Å²) in [6.07, 6.45) is 2.38. The lowest BCUT2D eigenvalue weighted by Crippen LogP contribution is -2.63. The second-order valence-electron chi connectivity index (χ2n) is 18.4. The highest BCUT2D eigenvalue weighted by atomic mass is 32.2. The predicted octanol–water partition coefficient (Wildman–Crippen LogP) is 7.73. The number of esters is 1. The van der Waals surface area contributed by atoms with E-state index >= 15 is 0 Å². The van der Waals surface area contributed by atoms with Gasteiger partial charge < -0.3 is 24.1 Å². The average Bonchev–Trinajstić information content (AvgIpc) is 3.59. The fourth-order valence-corrected chi connectivity index (χ4v) is 11.2. The SMILES string of the molecule is CCO[C@@H]1C2=NC(CS2)c2ccc3c(c2)c(c(-c2cccnc2[C@H](C)OC)n3CC)CC(C)(C)COC(=O)[C@@H]2CCCN(N2)C(=O)[C@H]1NC(=O)[C@@H]1[C@@H](C)[C@H]1c1ccc2ccccc2n1. The first-order valence-electron chi connectivity index (χ1n) is 22.8. The third-order valence-corrected chi connectivity index (χ3v) is 14.6. The van der Waals surface area contributed by atoms with Crippen LogP contribution in [0.2, 0.25) is 0 Å². The zero-order valence-corrected chi connectivity index (χ0v) is 38.6. The van der Waals surface area contributed by atoms with Crippen LogP contribution >= 0.6 is 11.8 Å². The molecule has 3 aliphatic heterocycles. The number of thioether (sulfide) groups is 1. The molecule has 1 saturated carbocycles. The van der Waals surface area contributed by atoms with Gasteiger partial charge >= 0.3 is 5.97 Å². The third kappa shape index (κ3) is 8.34. The molecule has 2 fully saturated rings. The summed E-state index contributed by atoms with van der Waals surface area (Å²) in [5, 5.41) is 7.44. The molecule has 0 radical (unpaired) electrons. The first-order valence-corrected chi connectivity index (χ1v) is 23.7. The lowest BCUT2D eigenvalue weighted by Gasteiger charge is -2.37. The number of nitrogens with zero attached hydrogens (tertiary/aromatic N) is 5. The number of hydrogen-bond donors (Lipinski definition) is 2. The van der Waals surface area contributed by atoms with Crippen LogP contribution in [0.5, 0.6) is 0 Å². The van der Waals surface area contributed by atoms with E-state index in [1.807, 2.05) is 62.5 Å². The molecule has 2 amide bonds. The molecule has 1 aliphatic carbocycles. The van der Waals surface area contributed by atoms with Crippen molar-refractivity contribution in [3.8, 4) is 11.3 Å². The number of carbonyl (C=O) groups excluding carboxylic acids is 3. The first-order chi connectivity index (χ1) is 30.9. The van der Waals surface area contributed by atoms with Crippen LogP contribution in [0.1, 0.15) is 95.0 Å². The molecule has 1 saturated heterocycles. The molecule has 3 aromatic heterocycles. The molecule has 6 heterocycles. The van der Waals surface area contributed by atoms with Crippen molar-refractivity contribution < 1.29 is 28.6 Å². The number of ether oxygens (including phenoxy) is 3. The summed E-state index contributed by atoms with van der Waals surface area (Å²) in [7, 11) is 1.70. The van der Waals surface area contributed by atoms with Crippen molar-refractivity contribution in [2.24, 2.45) is 22.2 Å². The Balaban J connectivity index is 1.12. The molecular weight excluding hydrogens is 827 g/mol. The van der Waals surface area contributed by atoms with Gasteiger partial charge in [0.2, 0.25) is 5.91 Å². The summed E-state index contributed by atoms with van der Waals surface area (Å²) in [6.45, 7) is 13.9. The molecule has 0 spiro atoms. The summed E-state index contributed by atoms with van der Waals surface area (Å²) in [5.74, 6) is -0.872. The van der Waals surface area contributed by atoms with Crippen molar-refractivity contribution in [3.63, 3.8) is 0 Å². The molecule has 8 atom stereocenters. The Bertz CT molecular complexity index is 2630. The van der Waals surface area contributed by atoms with Crippen LogP contribution in [0.4, 0.5) is 0 Å². The Kier molecular flexibility index (Phi) is 12.4. The van der Waals surface area contributed by atoms with Gasteiger partial charge in [-0.3, -0.25) is 34.4 Å². The molecule has 2 aromatic carbocycles. The van der Waals surface area contributed by atoms with Crippen molar-refractivity contribution in [2.75, 3.05) is 32.6 Å². The minimum absolute atomic E-state index is 0.0172. The van der Waals surface area contributed by atoms with E-state index in [4.69, 9.17) is 29.2 Å². The highest BCUT2D eigenvalue weighted by Crippen LogP contribution is 2.53. The Labute approximate surface area is 379 Å². The van der Waals surface area contributed by atoms with E-state index in [9.17, 15) is 14.4 Å². The van der Waals surface area contributed by atoms with Gasteiger partial charge in [0, 0.05) is 83.6 Å². The average molecular weight is 886 g/mol. The van der Waals surface area contributed by atoms with Crippen LogP contribution in [-0.2, 0) is 41.6 Å². The lowest BCUT2D eigenvalue weighted by molar-refractivity contribution is -0.156. The van der Waals surface area contributed by atoms with Crippen LogP contribution in [0.25, 0.3) is 33.1 Å². The number of hydrazine groups is 1. The molecule has 5 aromatic rings. The number of para-hydroxylation sites is 1. The monoisotopic (exact) mass is 885 g/mol. The number of methoxy groups -OCH3 is 1. The Hall–Kier alpha value is -5.15. The normalized spacial score (nSPS) is 26.3. The molecular formula is C50H59N7O6S. The fourth-order valence-electron chi connectivity index (χ4n) is 10.0. The number of benzene rings is 2. The maximum Gasteiger partial charge on any atom is 0.324 e. The van der Waals surface area contributed by atoms with E-state index < -0.39 is 29.6 Å². The molecule has 9 rings (SSSR count). The second kappa shape index (κ2) is 18.0. The van der Waals surface area contributed by atoms with Crippen LogP contribution in [-0.4, -0.2) is 93.2 Å². The molecule has 64 heavy (non-hydrogen) atoms. The summed E-state index contributed by atoms with van der Waals surface area (Å²) in [4.78, 5) is 58.4. The fraction of sp³-hybridized carbons (Fsp3) is 0.480.